The molecule has 0 amide bonds. The Morgan fingerprint density at radius 1 is 1.17 bits per heavy atom. The molecule has 0 aromatic carbocycles. The van der Waals surface area contributed by atoms with Gasteiger partial charge in [0.25, 0.3) is 0 Å². The molecular formula is C15H21NO2. The van der Waals surface area contributed by atoms with Crippen molar-refractivity contribution in [3.05, 3.63) is 0 Å². The van der Waals surface area contributed by atoms with Crippen LogP contribution in [0.25, 0.3) is 0 Å². The SMILES string of the molecule is C#CNCCC(=O)OC1C2CC3CC(C2)CC1C3. The largest absolute Gasteiger partial charge is 0.462 e. The molecule has 0 atom stereocenters. The van der Waals surface area contributed by atoms with E-state index in [1.807, 2.05) is 0 Å². The Kier molecular flexibility index (Phi) is 3.20. The van der Waals surface area contributed by atoms with Gasteiger partial charge >= 0.3 is 5.97 Å². The fourth-order valence-corrected chi connectivity index (χ4v) is 4.52. The van der Waals surface area contributed by atoms with E-state index >= 15 is 0 Å². The molecule has 0 unspecified atom stereocenters. The highest BCUT2D eigenvalue weighted by molar-refractivity contribution is 5.69. The van der Waals surface area contributed by atoms with Crippen LogP contribution in [0.5, 0.6) is 0 Å². The van der Waals surface area contributed by atoms with Gasteiger partial charge in [0.1, 0.15) is 6.10 Å². The summed E-state index contributed by atoms with van der Waals surface area (Å²) in [5, 5.41) is 2.71. The summed E-state index contributed by atoms with van der Waals surface area (Å²) in [6.45, 7) is 0.517. The minimum atomic E-state index is -0.0878. The van der Waals surface area contributed by atoms with E-state index in [4.69, 9.17) is 11.2 Å². The Labute approximate surface area is 109 Å². The third-order valence-corrected chi connectivity index (χ3v) is 4.96. The zero-order valence-electron chi connectivity index (χ0n) is 10.7. The minimum absolute atomic E-state index is 0.0878. The van der Waals surface area contributed by atoms with Gasteiger partial charge in [0.05, 0.1) is 6.42 Å². The molecular weight excluding hydrogens is 226 g/mol. The van der Waals surface area contributed by atoms with Gasteiger partial charge in [-0.2, -0.15) is 0 Å². The van der Waals surface area contributed by atoms with Crippen molar-refractivity contribution in [2.45, 2.75) is 44.6 Å². The summed E-state index contributed by atoms with van der Waals surface area (Å²) in [5.74, 6) is 3.04. The molecule has 4 fully saturated rings. The fourth-order valence-electron chi connectivity index (χ4n) is 4.52. The van der Waals surface area contributed by atoms with Crippen LogP contribution in [0.2, 0.25) is 0 Å². The van der Waals surface area contributed by atoms with Gasteiger partial charge in [-0.25, -0.2) is 0 Å². The lowest BCUT2D eigenvalue weighted by Crippen LogP contribution is -2.50. The molecule has 3 heteroatoms. The second-order valence-electron chi connectivity index (χ2n) is 6.21. The lowest BCUT2D eigenvalue weighted by atomic mass is 9.55. The number of nitrogens with one attached hydrogen (secondary N) is 1. The first-order valence-electron chi connectivity index (χ1n) is 7.14. The number of carbonyl (C=O) groups excluding carboxylic acids is 1. The summed E-state index contributed by atoms with van der Waals surface area (Å²) in [5.41, 5.74) is 0. The summed E-state index contributed by atoms with van der Waals surface area (Å²) in [6, 6.07) is 2.32. The molecule has 98 valence electrons. The Morgan fingerprint density at radius 3 is 2.33 bits per heavy atom. The van der Waals surface area contributed by atoms with Crippen LogP contribution in [0.1, 0.15) is 38.5 Å². The van der Waals surface area contributed by atoms with Crippen molar-refractivity contribution in [2.24, 2.45) is 23.7 Å². The molecule has 3 nitrogen and oxygen atoms in total. The lowest BCUT2D eigenvalue weighted by molar-refractivity contribution is -0.170. The number of hydrogen-bond donors (Lipinski definition) is 1. The predicted molar refractivity (Wildman–Crippen MR) is 68.4 cm³/mol. The summed E-state index contributed by atoms with van der Waals surface area (Å²) in [4.78, 5) is 11.8. The van der Waals surface area contributed by atoms with Crippen molar-refractivity contribution in [2.75, 3.05) is 6.54 Å². The molecule has 0 saturated heterocycles. The van der Waals surface area contributed by atoms with Crippen molar-refractivity contribution in [3.63, 3.8) is 0 Å². The van der Waals surface area contributed by atoms with Gasteiger partial charge < -0.3 is 10.1 Å². The first kappa shape index (κ1) is 11.9. The van der Waals surface area contributed by atoms with E-state index in [9.17, 15) is 4.79 Å². The maximum Gasteiger partial charge on any atom is 0.307 e. The first-order valence-corrected chi connectivity index (χ1v) is 7.14. The van der Waals surface area contributed by atoms with Crippen LogP contribution in [0, 0.1) is 36.1 Å². The van der Waals surface area contributed by atoms with E-state index in [0.29, 0.717) is 24.8 Å². The molecule has 0 radical (unpaired) electrons. The van der Waals surface area contributed by atoms with Crippen LogP contribution >= 0.6 is 0 Å². The maximum atomic E-state index is 11.8. The average Bonchev–Trinajstić information content (AvgIpc) is 2.33. The molecule has 4 aliphatic rings. The number of hydrogen-bond acceptors (Lipinski definition) is 3. The lowest BCUT2D eigenvalue weighted by Gasteiger charge is -2.53. The molecule has 4 saturated carbocycles. The van der Waals surface area contributed by atoms with E-state index in [-0.39, 0.29) is 12.1 Å². The monoisotopic (exact) mass is 247 g/mol. The first-order chi connectivity index (χ1) is 8.76. The van der Waals surface area contributed by atoms with E-state index in [1.54, 1.807) is 0 Å². The smallest absolute Gasteiger partial charge is 0.307 e. The van der Waals surface area contributed by atoms with Crippen molar-refractivity contribution in [3.8, 4) is 12.5 Å². The normalized spacial score (nSPS) is 40.3. The topological polar surface area (TPSA) is 38.3 Å². The van der Waals surface area contributed by atoms with Gasteiger partial charge in [-0.3, -0.25) is 4.79 Å². The third kappa shape index (κ3) is 2.21. The van der Waals surface area contributed by atoms with Crippen LogP contribution in [0.4, 0.5) is 0 Å². The highest BCUT2D eigenvalue weighted by Crippen LogP contribution is 2.54. The van der Waals surface area contributed by atoms with Crippen molar-refractivity contribution < 1.29 is 9.53 Å². The molecule has 4 bridgehead atoms. The summed E-state index contributed by atoms with van der Waals surface area (Å²) >= 11 is 0. The molecule has 18 heavy (non-hydrogen) atoms. The fraction of sp³-hybridized carbons (Fsp3) is 0.800. The Balaban J connectivity index is 1.54. The van der Waals surface area contributed by atoms with E-state index < -0.39 is 0 Å². The highest BCUT2D eigenvalue weighted by atomic mass is 16.5. The van der Waals surface area contributed by atoms with E-state index in [1.165, 1.54) is 32.1 Å². The molecule has 1 N–H and O–H groups in total. The van der Waals surface area contributed by atoms with Crippen LogP contribution < -0.4 is 5.32 Å². The number of esters is 1. The second kappa shape index (κ2) is 4.84. The Morgan fingerprint density at radius 2 is 1.78 bits per heavy atom. The quantitative estimate of drug-likeness (QED) is 0.357. The van der Waals surface area contributed by atoms with Gasteiger partial charge in [0.15, 0.2) is 0 Å². The van der Waals surface area contributed by atoms with Crippen LogP contribution in [-0.2, 0) is 9.53 Å². The number of ether oxygens (including phenoxy) is 1. The predicted octanol–water partition coefficient (Wildman–Crippen LogP) is 1.92. The number of rotatable bonds is 4. The summed E-state index contributed by atoms with van der Waals surface area (Å²) in [6.07, 6.45) is 12.2. The van der Waals surface area contributed by atoms with Crippen LogP contribution in [-0.4, -0.2) is 18.6 Å². The summed E-state index contributed by atoms with van der Waals surface area (Å²) in [7, 11) is 0. The van der Waals surface area contributed by atoms with Crippen molar-refractivity contribution in [1.29, 1.82) is 0 Å². The molecule has 0 aromatic heterocycles. The van der Waals surface area contributed by atoms with E-state index in [2.05, 4.69) is 11.4 Å². The molecule has 4 rings (SSSR count). The Hall–Kier alpha value is -1.17. The van der Waals surface area contributed by atoms with Crippen molar-refractivity contribution >= 4 is 5.97 Å². The van der Waals surface area contributed by atoms with Gasteiger partial charge in [-0.1, -0.05) is 6.42 Å². The molecule has 4 aliphatic carbocycles. The maximum absolute atomic E-state index is 11.8. The third-order valence-electron chi connectivity index (χ3n) is 4.96. The zero-order valence-corrected chi connectivity index (χ0v) is 10.7. The van der Waals surface area contributed by atoms with E-state index in [0.717, 1.165) is 11.8 Å². The van der Waals surface area contributed by atoms with Crippen molar-refractivity contribution in [1.82, 2.24) is 5.32 Å². The van der Waals surface area contributed by atoms with Gasteiger partial charge in [0, 0.05) is 12.6 Å². The Bertz CT molecular complexity index is 343. The minimum Gasteiger partial charge on any atom is -0.462 e. The zero-order chi connectivity index (χ0) is 12.5. The average molecular weight is 247 g/mol. The highest BCUT2D eigenvalue weighted by Gasteiger charge is 2.49. The number of carbonyl (C=O) groups is 1. The second-order valence-corrected chi connectivity index (χ2v) is 6.21. The van der Waals surface area contributed by atoms with Gasteiger partial charge in [-0.05, 0) is 55.8 Å². The van der Waals surface area contributed by atoms with Crippen LogP contribution in [0.3, 0.4) is 0 Å². The molecule has 0 heterocycles. The van der Waals surface area contributed by atoms with Gasteiger partial charge in [0.2, 0.25) is 0 Å². The van der Waals surface area contributed by atoms with Crippen LogP contribution in [0.15, 0.2) is 0 Å². The molecule has 0 spiro atoms. The van der Waals surface area contributed by atoms with Gasteiger partial charge in [-0.15, -0.1) is 0 Å². The molecule has 0 aliphatic heterocycles. The standard InChI is InChI=1S/C15H21NO2/c1-2-16-4-3-14(17)18-15-12-6-10-5-11(8-12)9-13(15)7-10/h1,10-13,15-16H,3-9H2. The number of terminal acetylenes is 1. The molecule has 0 aromatic rings. The summed E-state index contributed by atoms with van der Waals surface area (Å²) < 4.78 is 5.73.